The maximum atomic E-state index is 12.6. The van der Waals surface area contributed by atoms with E-state index in [1.165, 1.54) is 17.2 Å². The number of aromatic hydroxyl groups is 1. The second kappa shape index (κ2) is 11.5. The molecule has 0 saturated carbocycles. The first-order valence-electron chi connectivity index (χ1n) is 12.2. The summed E-state index contributed by atoms with van der Waals surface area (Å²) in [4.78, 5) is 12.6. The first-order chi connectivity index (χ1) is 16.9. The number of aliphatic hydroxyl groups excluding tert-OH is 2. The number of carbonyl (C=O) groups is 1. The van der Waals surface area contributed by atoms with E-state index in [1.54, 1.807) is 12.1 Å². The standard InChI is InChI=1S/C29H34N2O4/c1-19(30-17-28(34)24-9-10-27(33)25(14-24)18-32)11-20-5-4-6-21(12-20)13-29(35)31-26-15-22-7-2-3-8-23(22)16-26/h2-10,12,14,19,26,28,30,32-34H,11,13,15-18H2,1H3,(H,31,35). The molecule has 0 heterocycles. The first kappa shape index (κ1) is 24.9. The number of hydrogen-bond donors (Lipinski definition) is 5. The van der Waals surface area contributed by atoms with Crippen LogP contribution < -0.4 is 10.6 Å². The van der Waals surface area contributed by atoms with E-state index in [-0.39, 0.29) is 30.3 Å². The third-order valence-corrected chi connectivity index (χ3v) is 6.63. The predicted octanol–water partition coefficient (Wildman–Crippen LogP) is 2.96. The van der Waals surface area contributed by atoms with E-state index < -0.39 is 6.10 Å². The van der Waals surface area contributed by atoms with Gasteiger partial charge in [0.1, 0.15) is 5.75 Å². The Labute approximate surface area is 206 Å². The van der Waals surface area contributed by atoms with Crippen LogP contribution in [0.2, 0.25) is 0 Å². The quantitative estimate of drug-likeness (QED) is 0.311. The molecule has 0 saturated heterocycles. The van der Waals surface area contributed by atoms with Crippen LogP contribution in [0.1, 0.15) is 46.4 Å². The van der Waals surface area contributed by atoms with Gasteiger partial charge in [0.05, 0.1) is 19.1 Å². The number of nitrogens with one attached hydrogen (secondary N) is 2. The third-order valence-electron chi connectivity index (χ3n) is 6.63. The summed E-state index contributed by atoms with van der Waals surface area (Å²) < 4.78 is 0. The minimum Gasteiger partial charge on any atom is -0.508 e. The normalized spacial score (nSPS) is 14.9. The summed E-state index contributed by atoms with van der Waals surface area (Å²) >= 11 is 0. The van der Waals surface area contributed by atoms with Gasteiger partial charge in [0, 0.05) is 24.2 Å². The third kappa shape index (κ3) is 6.69. The number of benzene rings is 3. The smallest absolute Gasteiger partial charge is 0.224 e. The highest BCUT2D eigenvalue weighted by atomic mass is 16.3. The largest absolute Gasteiger partial charge is 0.508 e. The van der Waals surface area contributed by atoms with Crippen LogP contribution in [-0.4, -0.2) is 39.9 Å². The van der Waals surface area contributed by atoms with Crippen molar-refractivity contribution in [3.8, 4) is 5.75 Å². The van der Waals surface area contributed by atoms with Crippen molar-refractivity contribution in [2.45, 2.75) is 57.4 Å². The van der Waals surface area contributed by atoms with Crippen molar-refractivity contribution in [2.75, 3.05) is 6.54 Å². The van der Waals surface area contributed by atoms with E-state index in [4.69, 9.17) is 0 Å². The monoisotopic (exact) mass is 474 g/mol. The van der Waals surface area contributed by atoms with Crippen molar-refractivity contribution in [1.29, 1.82) is 0 Å². The Bertz CT molecular complexity index is 1140. The zero-order chi connectivity index (χ0) is 24.8. The lowest BCUT2D eigenvalue weighted by molar-refractivity contribution is -0.121. The summed E-state index contributed by atoms with van der Waals surface area (Å²) in [5.74, 6) is 0.0667. The minimum absolute atomic E-state index is 0.0201. The molecule has 1 amide bonds. The lowest BCUT2D eigenvalue weighted by Gasteiger charge is -2.18. The van der Waals surface area contributed by atoms with Gasteiger partial charge in [0.25, 0.3) is 0 Å². The van der Waals surface area contributed by atoms with Crippen LogP contribution in [0.15, 0.2) is 66.7 Å². The first-order valence-corrected chi connectivity index (χ1v) is 12.2. The van der Waals surface area contributed by atoms with E-state index in [2.05, 4.69) is 41.8 Å². The van der Waals surface area contributed by atoms with Gasteiger partial charge in [-0.3, -0.25) is 4.79 Å². The van der Waals surface area contributed by atoms with Gasteiger partial charge in [0.15, 0.2) is 0 Å². The molecule has 5 N–H and O–H groups in total. The Morgan fingerprint density at radius 3 is 2.43 bits per heavy atom. The zero-order valence-corrected chi connectivity index (χ0v) is 20.1. The predicted molar refractivity (Wildman–Crippen MR) is 136 cm³/mol. The molecule has 6 nitrogen and oxygen atoms in total. The Morgan fingerprint density at radius 1 is 1.00 bits per heavy atom. The molecule has 2 atom stereocenters. The van der Waals surface area contributed by atoms with Crippen molar-refractivity contribution < 1.29 is 20.1 Å². The van der Waals surface area contributed by atoms with Crippen LogP contribution >= 0.6 is 0 Å². The molecule has 6 heteroatoms. The molecule has 0 aliphatic heterocycles. The van der Waals surface area contributed by atoms with Crippen LogP contribution in [0.25, 0.3) is 0 Å². The van der Waals surface area contributed by atoms with Crippen molar-refractivity contribution in [1.82, 2.24) is 10.6 Å². The van der Waals surface area contributed by atoms with Gasteiger partial charge < -0.3 is 26.0 Å². The van der Waals surface area contributed by atoms with Crippen molar-refractivity contribution in [2.24, 2.45) is 0 Å². The molecule has 4 rings (SSSR count). The molecule has 3 aromatic carbocycles. The van der Waals surface area contributed by atoms with Crippen molar-refractivity contribution >= 4 is 5.91 Å². The van der Waals surface area contributed by atoms with E-state index in [0.717, 1.165) is 30.4 Å². The van der Waals surface area contributed by atoms with E-state index >= 15 is 0 Å². The van der Waals surface area contributed by atoms with Crippen molar-refractivity contribution in [3.05, 3.63) is 100 Å². The molecular weight excluding hydrogens is 440 g/mol. The summed E-state index contributed by atoms with van der Waals surface area (Å²) in [6.07, 6.45) is 2.15. The Balaban J connectivity index is 1.25. The number of rotatable bonds is 10. The fraction of sp³-hybridized carbons (Fsp3) is 0.345. The van der Waals surface area contributed by atoms with Crippen LogP contribution in [0.5, 0.6) is 5.75 Å². The minimum atomic E-state index is -0.750. The average molecular weight is 475 g/mol. The van der Waals surface area contributed by atoms with Gasteiger partial charge in [-0.05, 0) is 66.1 Å². The molecule has 1 aliphatic rings. The molecular formula is C29H34N2O4. The summed E-state index contributed by atoms with van der Waals surface area (Å²) in [6.45, 7) is 2.13. The SMILES string of the molecule is CC(Cc1cccc(CC(=O)NC2Cc3ccccc3C2)c1)NCC(O)c1ccc(O)c(CO)c1. The molecule has 35 heavy (non-hydrogen) atoms. The maximum absolute atomic E-state index is 12.6. The van der Waals surface area contributed by atoms with Crippen LogP contribution in [-0.2, 0) is 37.1 Å². The molecule has 0 fully saturated rings. The lowest BCUT2D eigenvalue weighted by Crippen LogP contribution is -2.36. The van der Waals surface area contributed by atoms with Gasteiger partial charge in [-0.1, -0.05) is 54.6 Å². The molecule has 0 bridgehead atoms. The number of phenols is 1. The molecule has 1 aliphatic carbocycles. The number of carbonyl (C=O) groups excluding carboxylic acids is 1. The Hall–Kier alpha value is -3.19. The number of aliphatic hydroxyl groups is 2. The molecule has 0 radical (unpaired) electrons. The second-order valence-corrected chi connectivity index (χ2v) is 9.51. The Morgan fingerprint density at radius 2 is 1.71 bits per heavy atom. The summed E-state index contributed by atoms with van der Waals surface area (Å²) in [6, 6.07) is 21.5. The lowest BCUT2D eigenvalue weighted by atomic mass is 10.0. The van der Waals surface area contributed by atoms with E-state index in [1.807, 2.05) is 24.3 Å². The molecule has 0 spiro atoms. The van der Waals surface area contributed by atoms with Crippen LogP contribution in [0, 0.1) is 0 Å². The molecule has 3 aromatic rings. The average Bonchev–Trinajstić information content (AvgIpc) is 3.25. The highest BCUT2D eigenvalue weighted by Crippen LogP contribution is 2.23. The fourth-order valence-corrected chi connectivity index (χ4v) is 4.79. The highest BCUT2D eigenvalue weighted by molar-refractivity contribution is 5.79. The Kier molecular flexibility index (Phi) is 8.18. The van der Waals surface area contributed by atoms with Gasteiger partial charge in [0.2, 0.25) is 5.91 Å². The van der Waals surface area contributed by atoms with E-state index in [9.17, 15) is 20.1 Å². The van der Waals surface area contributed by atoms with Gasteiger partial charge in [-0.25, -0.2) is 0 Å². The fourth-order valence-electron chi connectivity index (χ4n) is 4.79. The van der Waals surface area contributed by atoms with Crippen molar-refractivity contribution in [3.63, 3.8) is 0 Å². The molecule has 2 unspecified atom stereocenters. The summed E-state index contributed by atoms with van der Waals surface area (Å²) in [5, 5.41) is 36.0. The van der Waals surface area contributed by atoms with Gasteiger partial charge >= 0.3 is 0 Å². The summed E-state index contributed by atoms with van der Waals surface area (Å²) in [5.41, 5.74) is 5.81. The van der Waals surface area contributed by atoms with Crippen LogP contribution in [0.4, 0.5) is 0 Å². The zero-order valence-electron chi connectivity index (χ0n) is 20.1. The molecule has 184 valence electrons. The highest BCUT2D eigenvalue weighted by Gasteiger charge is 2.22. The van der Waals surface area contributed by atoms with E-state index in [0.29, 0.717) is 24.1 Å². The second-order valence-electron chi connectivity index (χ2n) is 9.51. The molecule has 0 aromatic heterocycles. The van der Waals surface area contributed by atoms with Gasteiger partial charge in [-0.2, -0.15) is 0 Å². The number of amides is 1. The summed E-state index contributed by atoms with van der Waals surface area (Å²) in [7, 11) is 0. The van der Waals surface area contributed by atoms with Gasteiger partial charge in [-0.15, -0.1) is 0 Å². The number of fused-ring (bicyclic) bond motifs is 1. The van der Waals surface area contributed by atoms with Crippen LogP contribution in [0.3, 0.4) is 0 Å². The topological polar surface area (TPSA) is 102 Å². The number of hydrogen-bond acceptors (Lipinski definition) is 5. The maximum Gasteiger partial charge on any atom is 0.224 e.